The molecular weight excluding hydrogens is 504 g/mol. The van der Waals surface area contributed by atoms with Gasteiger partial charge in [0.15, 0.2) is 0 Å². The summed E-state index contributed by atoms with van der Waals surface area (Å²) in [5, 5.41) is 17.5. The highest BCUT2D eigenvalue weighted by molar-refractivity contribution is 7.86. The molecule has 2 unspecified atom stereocenters. The third kappa shape index (κ3) is 9.11. The highest BCUT2D eigenvalue weighted by Crippen LogP contribution is 2.38. The maximum absolute atomic E-state index is 13.4. The maximum Gasteiger partial charge on any atom is 0.408 e. The monoisotopic (exact) mass is 541 g/mol. The van der Waals surface area contributed by atoms with Crippen molar-refractivity contribution >= 4 is 28.0 Å². The molecule has 5 atom stereocenters. The van der Waals surface area contributed by atoms with Crippen LogP contribution in [0.1, 0.15) is 65.7 Å². The molecule has 208 valence electrons. The Balaban J connectivity index is 2.06. The van der Waals surface area contributed by atoms with Crippen LogP contribution in [-0.4, -0.2) is 72.1 Å². The average Bonchev–Trinajstić information content (AvgIpc) is 3.15. The van der Waals surface area contributed by atoms with E-state index in [1.165, 1.54) is 0 Å². The Bertz CT molecular complexity index is 892. The summed E-state index contributed by atoms with van der Waals surface area (Å²) < 4.78 is 64.6. The van der Waals surface area contributed by atoms with Crippen LogP contribution in [0, 0.1) is 17.8 Å². The first-order chi connectivity index (χ1) is 16.6. The molecule has 0 aromatic carbocycles. The van der Waals surface area contributed by atoms with E-state index in [-0.39, 0.29) is 56.3 Å². The molecule has 1 aliphatic heterocycles. The molecule has 1 heterocycles. The number of nitrogens with one attached hydrogen (secondary N) is 3. The molecule has 0 bridgehead atoms. The molecule has 0 aromatic rings. The van der Waals surface area contributed by atoms with E-state index in [9.17, 15) is 41.2 Å². The molecule has 2 rings (SSSR count). The van der Waals surface area contributed by atoms with Gasteiger partial charge >= 0.3 is 6.09 Å². The number of halogens is 2. The number of aliphatic hydroxyl groups is 1. The standard InChI is InChI=1S/C22H37F2N3O8S/c1-12(2)10-16(27-21(31)35-13(3)14-4-7-22(23,24)8-5-14)19(29)26-17(20(30)36(32,33)34)11-15-6-9-25-18(15)28/h12-17,20,30H,4-11H2,1-3H3,(H,25,28)(H,26,29)(H,27,31)(H,32,33,34)/t13?,15-,16-,17-,20?/m0/s1. The molecule has 14 heteroatoms. The lowest BCUT2D eigenvalue weighted by molar-refractivity contribution is -0.126. The van der Waals surface area contributed by atoms with Gasteiger partial charge in [0, 0.05) is 25.3 Å². The summed E-state index contributed by atoms with van der Waals surface area (Å²) in [4.78, 5) is 37.5. The fourth-order valence-corrected chi connectivity index (χ4v) is 5.18. The van der Waals surface area contributed by atoms with Crippen LogP contribution in [0.4, 0.5) is 13.6 Å². The lowest BCUT2D eigenvalue weighted by atomic mass is 9.84. The number of carbonyl (C=O) groups excluding carboxylic acids is 3. The van der Waals surface area contributed by atoms with E-state index in [1.807, 2.05) is 0 Å². The summed E-state index contributed by atoms with van der Waals surface area (Å²) in [6.45, 7) is 5.51. The van der Waals surface area contributed by atoms with Crippen molar-refractivity contribution in [3.05, 3.63) is 0 Å². The van der Waals surface area contributed by atoms with Crippen molar-refractivity contribution in [2.45, 2.75) is 95.3 Å². The second kappa shape index (κ2) is 12.5. The van der Waals surface area contributed by atoms with Gasteiger partial charge in [-0.05, 0) is 50.9 Å². The summed E-state index contributed by atoms with van der Waals surface area (Å²) >= 11 is 0. The number of hydrogen-bond acceptors (Lipinski definition) is 7. The van der Waals surface area contributed by atoms with Gasteiger partial charge in [-0.3, -0.25) is 14.1 Å². The van der Waals surface area contributed by atoms with Crippen LogP contribution in [0.25, 0.3) is 0 Å². The second-order valence-electron chi connectivity index (χ2n) is 10.2. The summed E-state index contributed by atoms with van der Waals surface area (Å²) in [5.74, 6) is -4.95. The quantitative estimate of drug-likeness (QED) is 0.245. The molecule has 0 radical (unpaired) electrons. The first-order valence-corrected chi connectivity index (χ1v) is 13.7. The van der Waals surface area contributed by atoms with Gasteiger partial charge < -0.3 is 25.8 Å². The molecule has 5 N–H and O–H groups in total. The normalized spacial score (nSPS) is 23.9. The minimum absolute atomic E-state index is 0.0930. The van der Waals surface area contributed by atoms with Crippen LogP contribution >= 0.6 is 0 Å². The molecule has 11 nitrogen and oxygen atoms in total. The van der Waals surface area contributed by atoms with Gasteiger partial charge in [0.25, 0.3) is 10.1 Å². The van der Waals surface area contributed by atoms with Gasteiger partial charge in [0.05, 0.1) is 6.04 Å². The molecule has 2 aliphatic rings. The Morgan fingerprint density at radius 2 is 1.78 bits per heavy atom. The Kier molecular flexibility index (Phi) is 10.4. The van der Waals surface area contributed by atoms with Crippen molar-refractivity contribution in [3.63, 3.8) is 0 Å². The summed E-state index contributed by atoms with van der Waals surface area (Å²) in [6.07, 6.45) is -1.56. The number of carbonyl (C=O) groups is 3. The van der Waals surface area contributed by atoms with Crippen LogP contribution in [0.15, 0.2) is 0 Å². The molecule has 2 fully saturated rings. The molecule has 1 saturated heterocycles. The van der Waals surface area contributed by atoms with Crippen LogP contribution in [-0.2, 0) is 24.4 Å². The van der Waals surface area contributed by atoms with Crippen molar-refractivity contribution in [2.24, 2.45) is 17.8 Å². The first-order valence-electron chi connectivity index (χ1n) is 12.2. The van der Waals surface area contributed by atoms with Gasteiger partial charge in [-0.1, -0.05) is 13.8 Å². The lowest BCUT2D eigenvalue weighted by Gasteiger charge is -2.32. The number of amides is 3. The summed E-state index contributed by atoms with van der Waals surface area (Å²) in [5.41, 5.74) is -2.38. The molecule has 3 amide bonds. The minimum atomic E-state index is -4.97. The van der Waals surface area contributed by atoms with Crippen LogP contribution < -0.4 is 16.0 Å². The number of alkyl carbamates (subject to hydrolysis) is 1. The zero-order valence-electron chi connectivity index (χ0n) is 20.7. The third-order valence-corrected chi connectivity index (χ3v) is 7.65. The lowest BCUT2D eigenvalue weighted by Crippen LogP contribution is -2.55. The zero-order chi connectivity index (χ0) is 27.3. The Hall–Kier alpha value is -2.06. The minimum Gasteiger partial charge on any atom is -0.446 e. The number of alkyl halides is 2. The Labute approximate surface area is 209 Å². The first kappa shape index (κ1) is 30.2. The average molecular weight is 542 g/mol. The van der Waals surface area contributed by atoms with E-state index in [2.05, 4.69) is 16.0 Å². The fraction of sp³-hybridized carbons (Fsp3) is 0.864. The molecule has 36 heavy (non-hydrogen) atoms. The van der Waals surface area contributed by atoms with E-state index >= 15 is 0 Å². The van der Waals surface area contributed by atoms with E-state index in [0.717, 1.165) is 0 Å². The molecule has 1 saturated carbocycles. The van der Waals surface area contributed by atoms with Gasteiger partial charge in [-0.25, -0.2) is 13.6 Å². The SMILES string of the molecule is CC(C)C[C@H](NC(=O)OC(C)C1CCC(F)(F)CC1)C(=O)N[C@@H](C[C@@H]1CCNC1=O)C(O)S(=O)(=O)O. The van der Waals surface area contributed by atoms with E-state index in [4.69, 9.17) is 4.74 Å². The van der Waals surface area contributed by atoms with Gasteiger partial charge in [-0.15, -0.1) is 0 Å². The van der Waals surface area contributed by atoms with E-state index in [1.54, 1.807) is 20.8 Å². The van der Waals surface area contributed by atoms with Gasteiger partial charge in [0.2, 0.25) is 23.2 Å². The highest BCUT2D eigenvalue weighted by Gasteiger charge is 2.39. The van der Waals surface area contributed by atoms with Crippen molar-refractivity contribution in [2.75, 3.05) is 6.54 Å². The smallest absolute Gasteiger partial charge is 0.408 e. The number of rotatable bonds is 11. The fourth-order valence-electron chi connectivity index (χ4n) is 4.59. The summed E-state index contributed by atoms with van der Waals surface area (Å²) in [6, 6.07) is -2.70. The van der Waals surface area contributed by atoms with Crippen molar-refractivity contribution in [1.82, 2.24) is 16.0 Å². The van der Waals surface area contributed by atoms with Crippen molar-refractivity contribution in [1.29, 1.82) is 0 Å². The third-order valence-electron chi connectivity index (χ3n) is 6.71. The predicted molar refractivity (Wildman–Crippen MR) is 124 cm³/mol. The predicted octanol–water partition coefficient (Wildman–Crippen LogP) is 1.56. The number of hydrogen-bond donors (Lipinski definition) is 5. The van der Waals surface area contributed by atoms with Gasteiger partial charge in [0.1, 0.15) is 12.1 Å². The Morgan fingerprint density at radius 3 is 2.28 bits per heavy atom. The van der Waals surface area contributed by atoms with Crippen LogP contribution in [0.3, 0.4) is 0 Å². The van der Waals surface area contributed by atoms with Crippen molar-refractivity contribution < 1.29 is 46.0 Å². The molecule has 1 aliphatic carbocycles. The second-order valence-corrected chi connectivity index (χ2v) is 11.7. The Morgan fingerprint density at radius 1 is 1.17 bits per heavy atom. The molecule has 0 aromatic heterocycles. The maximum atomic E-state index is 13.4. The van der Waals surface area contributed by atoms with E-state index in [0.29, 0.717) is 13.0 Å². The highest BCUT2D eigenvalue weighted by atomic mass is 32.2. The van der Waals surface area contributed by atoms with Gasteiger partial charge in [-0.2, -0.15) is 8.42 Å². The largest absolute Gasteiger partial charge is 0.446 e. The number of aliphatic hydroxyl groups excluding tert-OH is 1. The molecule has 0 spiro atoms. The van der Waals surface area contributed by atoms with E-state index < -0.39 is 57.6 Å². The zero-order valence-corrected chi connectivity index (χ0v) is 21.5. The van der Waals surface area contributed by atoms with Crippen LogP contribution in [0.2, 0.25) is 0 Å². The topological polar surface area (TPSA) is 171 Å². The molecular formula is C22H37F2N3O8S. The number of ether oxygens (including phenoxy) is 1. The van der Waals surface area contributed by atoms with Crippen LogP contribution in [0.5, 0.6) is 0 Å². The van der Waals surface area contributed by atoms with Crippen molar-refractivity contribution in [3.8, 4) is 0 Å². The summed E-state index contributed by atoms with van der Waals surface area (Å²) in [7, 11) is -4.97.